The minimum Gasteiger partial charge on any atom is -0.322 e. The van der Waals surface area contributed by atoms with E-state index in [2.05, 4.69) is 5.32 Å². The molecular formula is C23H20N2O6S. The number of ketones is 2. The van der Waals surface area contributed by atoms with Crippen molar-refractivity contribution in [1.82, 2.24) is 9.62 Å². The first kappa shape index (κ1) is 20.6. The number of hydrogen-bond donors (Lipinski definition) is 1. The molecule has 0 aromatic heterocycles. The van der Waals surface area contributed by atoms with Gasteiger partial charge in [0.2, 0.25) is 0 Å². The molecule has 1 heterocycles. The molecule has 2 aliphatic carbocycles. The van der Waals surface area contributed by atoms with Crippen LogP contribution < -0.4 is 5.32 Å². The maximum atomic E-state index is 13.3. The van der Waals surface area contributed by atoms with Crippen LogP contribution in [0.2, 0.25) is 0 Å². The third-order valence-corrected chi connectivity index (χ3v) is 8.22. The predicted molar refractivity (Wildman–Crippen MR) is 113 cm³/mol. The highest BCUT2D eigenvalue weighted by Gasteiger charge is 2.56. The zero-order valence-electron chi connectivity index (χ0n) is 17.3. The van der Waals surface area contributed by atoms with Crippen molar-refractivity contribution >= 4 is 33.5 Å². The van der Waals surface area contributed by atoms with Crippen LogP contribution in [-0.2, 0) is 14.8 Å². The minimum atomic E-state index is -4.57. The molecule has 0 radical (unpaired) electrons. The van der Waals surface area contributed by atoms with Crippen LogP contribution in [0.3, 0.4) is 0 Å². The van der Waals surface area contributed by atoms with Crippen molar-refractivity contribution in [2.45, 2.75) is 43.0 Å². The summed E-state index contributed by atoms with van der Waals surface area (Å²) in [5.41, 5.74) is -0.765. The molecular weight excluding hydrogens is 432 g/mol. The second-order valence-electron chi connectivity index (χ2n) is 8.70. The van der Waals surface area contributed by atoms with Gasteiger partial charge in [0.15, 0.2) is 11.6 Å². The molecule has 1 N–H and O–H groups in total. The van der Waals surface area contributed by atoms with Gasteiger partial charge in [0.1, 0.15) is 5.54 Å². The van der Waals surface area contributed by atoms with E-state index in [0.29, 0.717) is 19.3 Å². The van der Waals surface area contributed by atoms with E-state index in [-0.39, 0.29) is 43.2 Å². The lowest BCUT2D eigenvalue weighted by atomic mass is 9.76. The molecule has 3 aliphatic rings. The number of benzene rings is 2. The molecule has 32 heavy (non-hydrogen) atoms. The summed E-state index contributed by atoms with van der Waals surface area (Å²) in [6.45, 7) is 1.96. The number of imide groups is 1. The Morgan fingerprint density at radius 1 is 0.938 bits per heavy atom. The maximum Gasteiger partial charge on any atom is 0.339 e. The van der Waals surface area contributed by atoms with Gasteiger partial charge in [-0.1, -0.05) is 44.0 Å². The molecule has 2 unspecified atom stereocenters. The molecule has 2 aromatic carbocycles. The minimum absolute atomic E-state index is 0.0668. The van der Waals surface area contributed by atoms with Crippen molar-refractivity contribution < 1.29 is 27.6 Å². The molecule has 3 amide bonds. The Hall–Kier alpha value is -3.33. The summed E-state index contributed by atoms with van der Waals surface area (Å²) >= 11 is 0. The van der Waals surface area contributed by atoms with Crippen LogP contribution in [0.15, 0.2) is 47.4 Å². The summed E-state index contributed by atoms with van der Waals surface area (Å²) in [7, 11) is -4.57. The Balaban J connectivity index is 1.56. The van der Waals surface area contributed by atoms with Crippen LogP contribution in [0.1, 0.15) is 64.4 Å². The van der Waals surface area contributed by atoms with Crippen molar-refractivity contribution in [2.75, 3.05) is 0 Å². The fourth-order valence-electron chi connectivity index (χ4n) is 5.02. The first-order valence-corrected chi connectivity index (χ1v) is 11.8. The fourth-order valence-corrected chi connectivity index (χ4v) is 6.39. The first-order valence-electron chi connectivity index (χ1n) is 10.4. The van der Waals surface area contributed by atoms with Crippen LogP contribution in [0.25, 0.3) is 0 Å². The predicted octanol–water partition coefficient (Wildman–Crippen LogP) is 2.65. The normalized spacial score (nSPS) is 25.0. The van der Waals surface area contributed by atoms with E-state index in [9.17, 15) is 27.6 Å². The monoisotopic (exact) mass is 452 g/mol. The standard InChI is InChI=1S/C23H20N2O6S/c1-13-5-4-10-23(12-13)21(28)25(22(29)24-23)32(30,31)14-8-9-17-18(11-14)20(27)16-7-3-2-6-15(16)19(17)26/h2-3,6-9,11,13H,4-5,10,12H2,1H3,(H,24,29). The average Bonchev–Trinajstić information content (AvgIpc) is 3.00. The zero-order chi connectivity index (χ0) is 22.8. The topological polar surface area (TPSA) is 118 Å². The fraction of sp³-hybridized carbons (Fsp3) is 0.304. The lowest BCUT2D eigenvalue weighted by Gasteiger charge is -2.34. The van der Waals surface area contributed by atoms with E-state index in [0.717, 1.165) is 18.6 Å². The van der Waals surface area contributed by atoms with E-state index in [1.807, 2.05) is 6.92 Å². The molecule has 1 saturated heterocycles. The second-order valence-corrected chi connectivity index (χ2v) is 10.5. The third-order valence-electron chi connectivity index (χ3n) is 6.56. The number of amides is 3. The summed E-state index contributed by atoms with van der Waals surface area (Å²) < 4.78 is 26.9. The van der Waals surface area contributed by atoms with Crippen LogP contribution in [-0.4, -0.2) is 41.8 Å². The molecule has 5 rings (SSSR count). The quantitative estimate of drug-likeness (QED) is 0.598. The number of urea groups is 1. The van der Waals surface area contributed by atoms with Gasteiger partial charge in [0, 0.05) is 22.3 Å². The highest BCUT2D eigenvalue weighted by atomic mass is 32.2. The van der Waals surface area contributed by atoms with Gasteiger partial charge in [-0.25, -0.2) is 13.2 Å². The largest absolute Gasteiger partial charge is 0.339 e. The summed E-state index contributed by atoms with van der Waals surface area (Å²) in [6, 6.07) is 8.81. The Morgan fingerprint density at radius 2 is 1.56 bits per heavy atom. The highest BCUT2D eigenvalue weighted by molar-refractivity contribution is 7.90. The Labute approximate surface area is 184 Å². The van der Waals surface area contributed by atoms with Crippen LogP contribution in [0, 0.1) is 5.92 Å². The number of fused-ring (bicyclic) bond motifs is 2. The van der Waals surface area contributed by atoms with E-state index in [4.69, 9.17) is 0 Å². The van der Waals surface area contributed by atoms with E-state index >= 15 is 0 Å². The Morgan fingerprint density at radius 3 is 2.22 bits per heavy atom. The summed E-state index contributed by atoms with van der Waals surface area (Å²) in [6.07, 6.45) is 2.36. The van der Waals surface area contributed by atoms with Gasteiger partial charge >= 0.3 is 6.03 Å². The molecule has 2 fully saturated rings. The zero-order valence-corrected chi connectivity index (χ0v) is 18.1. The van der Waals surface area contributed by atoms with Gasteiger partial charge in [-0.2, -0.15) is 0 Å². The first-order chi connectivity index (χ1) is 15.2. The van der Waals surface area contributed by atoms with Gasteiger partial charge in [-0.15, -0.1) is 4.31 Å². The van der Waals surface area contributed by atoms with Gasteiger partial charge in [-0.05, 0) is 37.0 Å². The van der Waals surface area contributed by atoms with Crippen molar-refractivity contribution in [3.8, 4) is 0 Å². The molecule has 9 heteroatoms. The maximum absolute atomic E-state index is 13.3. The number of hydrogen-bond acceptors (Lipinski definition) is 6. The molecule has 164 valence electrons. The molecule has 2 atom stereocenters. The van der Waals surface area contributed by atoms with E-state index in [1.54, 1.807) is 18.2 Å². The molecule has 2 aromatic rings. The molecule has 0 bridgehead atoms. The number of sulfonamides is 1. The van der Waals surface area contributed by atoms with Gasteiger partial charge in [0.25, 0.3) is 15.9 Å². The summed E-state index contributed by atoms with van der Waals surface area (Å²) in [4.78, 5) is 51.2. The molecule has 1 spiro atoms. The van der Waals surface area contributed by atoms with Gasteiger partial charge < -0.3 is 5.32 Å². The molecule has 1 aliphatic heterocycles. The SMILES string of the molecule is CC1CCCC2(C1)NC(=O)N(S(=O)(=O)c1ccc3c(c1)C(=O)c1ccccc1C3=O)C2=O. The van der Waals surface area contributed by atoms with Crippen LogP contribution in [0.4, 0.5) is 4.79 Å². The van der Waals surface area contributed by atoms with Gasteiger partial charge in [0.05, 0.1) is 4.90 Å². The second kappa shape index (κ2) is 6.83. The molecule has 1 saturated carbocycles. The lowest BCUT2D eigenvalue weighted by Crippen LogP contribution is -2.50. The number of rotatable bonds is 2. The highest BCUT2D eigenvalue weighted by Crippen LogP contribution is 2.39. The van der Waals surface area contributed by atoms with E-state index in [1.165, 1.54) is 12.1 Å². The van der Waals surface area contributed by atoms with Crippen molar-refractivity contribution in [3.63, 3.8) is 0 Å². The number of carbonyl (C=O) groups is 4. The lowest BCUT2D eigenvalue weighted by molar-refractivity contribution is -0.129. The number of nitrogens with one attached hydrogen (secondary N) is 1. The van der Waals surface area contributed by atoms with Crippen LogP contribution in [0.5, 0.6) is 0 Å². The third kappa shape index (κ3) is 2.77. The summed E-state index contributed by atoms with van der Waals surface area (Å²) in [5, 5.41) is 2.60. The van der Waals surface area contributed by atoms with Crippen molar-refractivity contribution in [2.24, 2.45) is 5.92 Å². The Kier molecular flexibility index (Phi) is 4.39. The smallest absolute Gasteiger partial charge is 0.322 e. The number of carbonyl (C=O) groups excluding carboxylic acids is 4. The van der Waals surface area contributed by atoms with Gasteiger partial charge in [-0.3, -0.25) is 14.4 Å². The Bertz CT molecular complexity index is 1330. The summed E-state index contributed by atoms with van der Waals surface area (Å²) in [5.74, 6) is -1.49. The van der Waals surface area contributed by atoms with Crippen molar-refractivity contribution in [1.29, 1.82) is 0 Å². The number of nitrogens with zero attached hydrogens (tertiary/aromatic N) is 1. The van der Waals surface area contributed by atoms with E-state index < -0.39 is 33.3 Å². The molecule has 8 nitrogen and oxygen atoms in total. The average molecular weight is 452 g/mol. The van der Waals surface area contributed by atoms with Crippen LogP contribution >= 0.6 is 0 Å². The van der Waals surface area contributed by atoms with Crippen molar-refractivity contribution in [3.05, 3.63) is 64.7 Å².